The van der Waals surface area contributed by atoms with E-state index in [1.807, 2.05) is 53.2 Å². The Morgan fingerprint density at radius 2 is 2.00 bits per heavy atom. The Kier molecular flexibility index (Phi) is 3.89. The maximum Gasteiger partial charge on any atom is 0.232 e. The zero-order chi connectivity index (χ0) is 19.1. The number of carbonyl (C=O) groups excluding carboxylic acids is 2. The number of carbonyl (C=O) groups is 2. The standard InChI is InChI=1S/C20H18N6O2/c27-18-11-16(15-6-1-2-7-17(15)22-18)20(28)21-13-5-3-4-12(10-13)19-23-24-25-26(19)14-8-9-14/h1-7,10,14,16H,8-9,11H2,(H,21,28)(H,22,27). The van der Waals surface area contributed by atoms with E-state index in [9.17, 15) is 9.59 Å². The van der Waals surface area contributed by atoms with Crippen LogP contribution < -0.4 is 10.6 Å². The molecule has 1 fully saturated rings. The van der Waals surface area contributed by atoms with Crippen molar-refractivity contribution in [3.8, 4) is 11.4 Å². The van der Waals surface area contributed by atoms with Crippen LogP contribution in [0.3, 0.4) is 0 Å². The van der Waals surface area contributed by atoms with E-state index in [4.69, 9.17) is 0 Å². The number of para-hydroxylation sites is 1. The Labute approximate surface area is 160 Å². The maximum absolute atomic E-state index is 12.9. The molecule has 1 unspecified atom stereocenters. The molecule has 3 aromatic rings. The quantitative estimate of drug-likeness (QED) is 0.731. The minimum Gasteiger partial charge on any atom is -0.326 e. The highest BCUT2D eigenvalue weighted by molar-refractivity contribution is 6.05. The number of rotatable bonds is 4. The molecule has 2 N–H and O–H groups in total. The van der Waals surface area contributed by atoms with Crippen LogP contribution in [0, 0.1) is 0 Å². The molecule has 2 aromatic carbocycles. The summed E-state index contributed by atoms with van der Waals surface area (Å²) in [5.41, 5.74) is 3.01. The van der Waals surface area contributed by atoms with Crippen molar-refractivity contribution in [2.24, 2.45) is 0 Å². The lowest BCUT2D eigenvalue weighted by molar-refractivity contribution is -0.123. The van der Waals surface area contributed by atoms with Gasteiger partial charge in [-0.2, -0.15) is 0 Å². The van der Waals surface area contributed by atoms with E-state index >= 15 is 0 Å². The summed E-state index contributed by atoms with van der Waals surface area (Å²) >= 11 is 0. The summed E-state index contributed by atoms with van der Waals surface area (Å²) in [5, 5.41) is 17.8. The lowest BCUT2D eigenvalue weighted by Crippen LogP contribution is -2.30. The summed E-state index contributed by atoms with van der Waals surface area (Å²) in [6.07, 6.45) is 2.29. The number of hydrogen-bond acceptors (Lipinski definition) is 5. The SMILES string of the molecule is O=C1CC(C(=O)Nc2cccc(-c3nnnn3C3CC3)c2)c2ccccc2N1. The van der Waals surface area contributed by atoms with Gasteiger partial charge in [-0.05, 0) is 47.0 Å². The predicted octanol–water partition coefficient (Wildman–Crippen LogP) is 2.74. The molecule has 1 aliphatic carbocycles. The van der Waals surface area contributed by atoms with Gasteiger partial charge in [0.1, 0.15) is 0 Å². The van der Waals surface area contributed by atoms with Crippen LogP contribution >= 0.6 is 0 Å². The zero-order valence-corrected chi connectivity index (χ0v) is 15.0. The molecule has 0 saturated heterocycles. The number of nitrogens with one attached hydrogen (secondary N) is 2. The van der Waals surface area contributed by atoms with Crippen LogP contribution in [0.4, 0.5) is 11.4 Å². The van der Waals surface area contributed by atoms with Crippen LogP contribution in [-0.4, -0.2) is 32.0 Å². The van der Waals surface area contributed by atoms with Gasteiger partial charge in [0.2, 0.25) is 11.8 Å². The van der Waals surface area contributed by atoms with E-state index in [0.717, 1.165) is 24.0 Å². The van der Waals surface area contributed by atoms with Gasteiger partial charge in [-0.3, -0.25) is 9.59 Å². The molecule has 1 atom stereocenters. The van der Waals surface area contributed by atoms with Gasteiger partial charge in [0.05, 0.1) is 12.0 Å². The molecule has 2 heterocycles. The molecule has 28 heavy (non-hydrogen) atoms. The van der Waals surface area contributed by atoms with Gasteiger partial charge in [0, 0.05) is 23.4 Å². The van der Waals surface area contributed by atoms with Crippen LogP contribution in [0.5, 0.6) is 0 Å². The van der Waals surface area contributed by atoms with Crippen molar-refractivity contribution < 1.29 is 9.59 Å². The molecule has 5 rings (SSSR count). The van der Waals surface area contributed by atoms with E-state index < -0.39 is 5.92 Å². The Hall–Kier alpha value is -3.55. The smallest absolute Gasteiger partial charge is 0.232 e. The number of amides is 2. The Morgan fingerprint density at radius 3 is 2.86 bits per heavy atom. The van der Waals surface area contributed by atoms with Gasteiger partial charge in [-0.15, -0.1) is 5.10 Å². The van der Waals surface area contributed by atoms with E-state index in [0.29, 0.717) is 23.2 Å². The molecule has 2 amide bonds. The molecule has 1 aliphatic heterocycles. The average molecular weight is 374 g/mol. The Morgan fingerprint density at radius 1 is 1.14 bits per heavy atom. The minimum absolute atomic E-state index is 0.127. The third-order valence-corrected chi connectivity index (χ3v) is 5.09. The van der Waals surface area contributed by atoms with Crippen LogP contribution in [0.2, 0.25) is 0 Å². The number of fused-ring (bicyclic) bond motifs is 1. The second-order valence-corrected chi connectivity index (χ2v) is 7.14. The summed E-state index contributed by atoms with van der Waals surface area (Å²) in [7, 11) is 0. The van der Waals surface area contributed by atoms with Crippen molar-refractivity contribution in [3.05, 3.63) is 54.1 Å². The summed E-state index contributed by atoms with van der Waals surface area (Å²) in [5.74, 6) is -0.191. The number of nitrogens with zero attached hydrogens (tertiary/aromatic N) is 4. The van der Waals surface area contributed by atoms with E-state index in [1.54, 1.807) is 0 Å². The van der Waals surface area contributed by atoms with Gasteiger partial charge in [-0.25, -0.2) is 4.68 Å². The van der Waals surface area contributed by atoms with Crippen LogP contribution in [-0.2, 0) is 9.59 Å². The largest absolute Gasteiger partial charge is 0.326 e. The number of benzene rings is 2. The third-order valence-electron chi connectivity index (χ3n) is 5.09. The Bertz CT molecular complexity index is 1070. The molecule has 8 nitrogen and oxygen atoms in total. The van der Waals surface area contributed by atoms with Gasteiger partial charge < -0.3 is 10.6 Å². The van der Waals surface area contributed by atoms with E-state index in [-0.39, 0.29) is 18.2 Å². The number of anilines is 2. The highest BCUT2D eigenvalue weighted by atomic mass is 16.2. The van der Waals surface area contributed by atoms with Crippen molar-refractivity contribution >= 4 is 23.2 Å². The summed E-state index contributed by atoms with van der Waals surface area (Å²) in [4.78, 5) is 24.9. The second-order valence-electron chi connectivity index (χ2n) is 7.14. The van der Waals surface area contributed by atoms with Gasteiger partial charge in [-0.1, -0.05) is 30.3 Å². The lowest BCUT2D eigenvalue weighted by atomic mass is 9.90. The second kappa shape index (κ2) is 6.56. The fraction of sp³-hybridized carbons (Fsp3) is 0.250. The average Bonchev–Trinajstić information content (AvgIpc) is 3.43. The fourth-order valence-electron chi connectivity index (χ4n) is 3.56. The van der Waals surface area contributed by atoms with E-state index in [2.05, 4.69) is 26.2 Å². The van der Waals surface area contributed by atoms with Crippen LogP contribution in [0.15, 0.2) is 48.5 Å². The summed E-state index contributed by atoms with van der Waals surface area (Å²) in [6.45, 7) is 0. The molecule has 0 radical (unpaired) electrons. The van der Waals surface area contributed by atoms with Crippen LogP contribution in [0.1, 0.15) is 36.8 Å². The van der Waals surface area contributed by atoms with Crippen molar-refractivity contribution in [2.75, 3.05) is 10.6 Å². The molecular formula is C20H18N6O2. The van der Waals surface area contributed by atoms with E-state index in [1.165, 1.54) is 0 Å². The molecule has 1 saturated carbocycles. The summed E-state index contributed by atoms with van der Waals surface area (Å²) in [6, 6.07) is 15.2. The molecular weight excluding hydrogens is 356 g/mol. The minimum atomic E-state index is -0.523. The topological polar surface area (TPSA) is 102 Å². The van der Waals surface area contributed by atoms with Gasteiger partial charge in [0.25, 0.3) is 0 Å². The fourth-order valence-corrected chi connectivity index (χ4v) is 3.56. The lowest BCUT2D eigenvalue weighted by Gasteiger charge is -2.24. The first-order chi connectivity index (χ1) is 13.7. The van der Waals surface area contributed by atoms with Crippen molar-refractivity contribution in [1.82, 2.24) is 20.2 Å². The number of hydrogen-bond donors (Lipinski definition) is 2. The van der Waals surface area contributed by atoms with Gasteiger partial charge >= 0.3 is 0 Å². The Balaban J connectivity index is 1.40. The number of aromatic nitrogens is 4. The molecule has 8 heteroatoms. The van der Waals surface area contributed by atoms with Crippen LogP contribution in [0.25, 0.3) is 11.4 Å². The van der Waals surface area contributed by atoms with Crippen molar-refractivity contribution in [1.29, 1.82) is 0 Å². The maximum atomic E-state index is 12.9. The molecule has 0 spiro atoms. The monoisotopic (exact) mass is 374 g/mol. The third kappa shape index (κ3) is 3.02. The normalized spacial score (nSPS) is 18.3. The molecule has 1 aromatic heterocycles. The zero-order valence-electron chi connectivity index (χ0n) is 15.0. The van der Waals surface area contributed by atoms with Gasteiger partial charge in [0.15, 0.2) is 5.82 Å². The molecule has 140 valence electrons. The highest BCUT2D eigenvalue weighted by Gasteiger charge is 2.31. The summed E-state index contributed by atoms with van der Waals surface area (Å²) < 4.78 is 1.84. The van der Waals surface area contributed by atoms with Crippen molar-refractivity contribution in [2.45, 2.75) is 31.2 Å². The molecule has 2 aliphatic rings. The first kappa shape index (κ1) is 16.6. The molecule has 0 bridgehead atoms. The number of tetrazole rings is 1. The first-order valence-electron chi connectivity index (χ1n) is 9.27. The van der Waals surface area contributed by atoms with Crippen molar-refractivity contribution in [3.63, 3.8) is 0 Å². The first-order valence-corrected chi connectivity index (χ1v) is 9.27. The highest BCUT2D eigenvalue weighted by Crippen LogP contribution is 2.37. The predicted molar refractivity (Wildman–Crippen MR) is 103 cm³/mol.